The number of rotatable bonds is 5. The molecular formula is C11H17BrN2O. The third kappa shape index (κ3) is 3.16. The van der Waals surface area contributed by atoms with Crippen LogP contribution >= 0.6 is 15.9 Å². The number of Topliss-reactive ketones (excluding diaryl/α,β-unsaturated/α-hetero) is 1. The van der Waals surface area contributed by atoms with Gasteiger partial charge in [0, 0.05) is 13.0 Å². The number of aryl methyl sites for hydroxylation is 1. The van der Waals surface area contributed by atoms with Crippen molar-refractivity contribution in [2.75, 3.05) is 0 Å². The summed E-state index contributed by atoms with van der Waals surface area (Å²) in [5, 5.41) is 4.18. The van der Waals surface area contributed by atoms with Crippen LogP contribution < -0.4 is 0 Å². The molecule has 0 amide bonds. The van der Waals surface area contributed by atoms with Crippen molar-refractivity contribution in [2.45, 2.75) is 40.2 Å². The van der Waals surface area contributed by atoms with E-state index in [0.717, 1.165) is 17.4 Å². The molecule has 15 heavy (non-hydrogen) atoms. The van der Waals surface area contributed by atoms with E-state index in [2.05, 4.69) is 28.0 Å². The molecule has 3 nitrogen and oxygen atoms in total. The summed E-state index contributed by atoms with van der Waals surface area (Å²) >= 11 is 3.37. The molecule has 1 rings (SSSR count). The van der Waals surface area contributed by atoms with Gasteiger partial charge in [0.2, 0.25) is 0 Å². The van der Waals surface area contributed by atoms with Crippen LogP contribution in [-0.2, 0) is 6.54 Å². The summed E-state index contributed by atoms with van der Waals surface area (Å²) < 4.78 is 2.59. The van der Waals surface area contributed by atoms with Crippen LogP contribution in [0.2, 0.25) is 0 Å². The van der Waals surface area contributed by atoms with Gasteiger partial charge in [-0.2, -0.15) is 5.10 Å². The first-order valence-corrected chi connectivity index (χ1v) is 6.10. The molecule has 84 valence electrons. The molecule has 0 aliphatic heterocycles. The third-order valence-electron chi connectivity index (χ3n) is 2.09. The van der Waals surface area contributed by atoms with Crippen molar-refractivity contribution < 1.29 is 4.79 Å². The predicted octanol–water partition coefficient (Wildman–Crippen LogP) is 3.28. The van der Waals surface area contributed by atoms with Gasteiger partial charge in [-0.25, -0.2) is 0 Å². The maximum atomic E-state index is 11.9. The van der Waals surface area contributed by atoms with E-state index < -0.39 is 0 Å². The SMILES string of the molecule is CCCn1ncc(Br)c1C(=O)CC(C)C. The van der Waals surface area contributed by atoms with Crippen LogP contribution in [0.1, 0.15) is 44.1 Å². The van der Waals surface area contributed by atoms with E-state index >= 15 is 0 Å². The standard InChI is InChI=1S/C11H17BrN2O/c1-4-5-14-11(9(12)7-13-14)10(15)6-8(2)3/h7-8H,4-6H2,1-3H3. The maximum absolute atomic E-state index is 11.9. The van der Waals surface area contributed by atoms with Crippen LogP contribution in [0.5, 0.6) is 0 Å². The largest absolute Gasteiger partial charge is 0.292 e. The highest BCUT2D eigenvalue weighted by Gasteiger charge is 2.17. The molecule has 0 N–H and O–H groups in total. The molecule has 0 saturated carbocycles. The quantitative estimate of drug-likeness (QED) is 0.771. The number of hydrogen-bond donors (Lipinski definition) is 0. The molecule has 4 heteroatoms. The molecule has 0 saturated heterocycles. The Morgan fingerprint density at radius 1 is 1.60 bits per heavy atom. The Bertz CT molecular complexity index is 344. The monoisotopic (exact) mass is 272 g/mol. The summed E-state index contributed by atoms with van der Waals surface area (Å²) in [7, 11) is 0. The summed E-state index contributed by atoms with van der Waals surface area (Å²) in [5.41, 5.74) is 0.713. The van der Waals surface area contributed by atoms with E-state index in [1.165, 1.54) is 0 Å². The average Bonchev–Trinajstić information content (AvgIpc) is 2.46. The van der Waals surface area contributed by atoms with Crippen molar-refractivity contribution in [1.29, 1.82) is 0 Å². The first-order chi connectivity index (χ1) is 7.06. The first kappa shape index (κ1) is 12.4. The van der Waals surface area contributed by atoms with Gasteiger partial charge < -0.3 is 0 Å². The zero-order valence-corrected chi connectivity index (χ0v) is 11.0. The van der Waals surface area contributed by atoms with Gasteiger partial charge in [0.05, 0.1) is 10.7 Å². The van der Waals surface area contributed by atoms with Gasteiger partial charge in [0.1, 0.15) is 5.69 Å². The Hall–Kier alpha value is -0.640. The number of hydrogen-bond acceptors (Lipinski definition) is 2. The molecule has 0 unspecified atom stereocenters. The Morgan fingerprint density at radius 2 is 2.27 bits per heavy atom. The molecule has 0 bridgehead atoms. The number of nitrogens with zero attached hydrogens (tertiary/aromatic N) is 2. The Labute approximate surface area is 99.0 Å². The van der Waals surface area contributed by atoms with E-state index in [1.807, 2.05) is 13.8 Å². The van der Waals surface area contributed by atoms with Crippen molar-refractivity contribution in [3.8, 4) is 0 Å². The van der Waals surface area contributed by atoms with Crippen molar-refractivity contribution in [3.63, 3.8) is 0 Å². The molecule has 0 aliphatic carbocycles. The fourth-order valence-electron chi connectivity index (χ4n) is 1.49. The maximum Gasteiger partial charge on any atom is 0.182 e. The first-order valence-electron chi connectivity index (χ1n) is 5.30. The van der Waals surface area contributed by atoms with Gasteiger partial charge in [0.25, 0.3) is 0 Å². The van der Waals surface area contributed by atoms with Gasteiger partial charge in [-0.15, -0.1) is 0 Å². The number of ketones is 1. The second-order valence-electron chi connectivity index (χ2n) is 4.09. The lowest BCUT2D eigenvalue weighted by Crippen LogP contribution is -2.12. The minimum Gasteiger partial charge on any atom is -0.292 e. The van der Waals surface area contributed by atoms with E-state index in [-0.39, 0.29) is 5.78 Å². The summed E-state index contributed by atoms with van der Waals surface area (Å²) in [6.07, 6.45) is 3.26. The number of carbonyl (C=O) groups is 1. The molecule has 1 heterocycles. The lowest BCUT2D eigenvalue weighted by atomic mass is 10.1. The minimum atomic E-state index is 0.169. The van der Waals surface area contributed by atoms with E-state index in [0.29, 0.717) is 18.0 Å². The van der Waals surface area contributed by atoms with Gasteiger partial charge in [-0.05, 0) is 28.3 Å². The van der Waals surface area contributed by atoms with Gasteiger partial charge in [0.15, 0.2) is 5.78 Å². The molecule has 0 radical (unpaired) electrons. The Kier molecular flexibility index (Phi) is 4.51. The van der Waals surface area contributed by atoms with Crippen molar-refractivity contribution >= 4 is 21.7 Å². The van der Waals surface area contributed by atoms with Crippen LogP contribution in [-0.4, -0.2) is 15.6 Å². The molecule has 0 aliphatic rings. The molecule has 0 aromatic carbocycles. The highest BCUT2D eigenvalue weighted by Crippen LogP contribution is 2.19. The predicted molar refractivity (Wildman–Crippen MR) is 64.0 cm³/mol. The van der Waals surface area contributed by atoms with E-state index in [1.54, 1.807) is 10.9 Å². The zero-order valence-electron chi connectivity index (χ0n) is 9.46. The highest BCUT2D eigenvalue weighted by molar-refractivity contribution is 9.10. The van der Waals surface area contributed by atoms with Crippen molar-refractivity contribution in [2.24, 2.45) is 5.92 Å². The second kappa shape index (κ2) is 5.45. The topological polar surface area (TPSA) is 34.9 Å². The fourth-order valence-corrected chi connectivity index (χ4v) is 2.01. The molecule has 1 aromatic rings. The summed E-state index contributed by atoms with van der Waals surface area (Å²) in [5.74, 6) is 0.553. The zero-order chi connectivity index (χ0) is 11.4. The average molecular weight is 273 g/mol. The van der Waals surface area contributed by atoms with E-state index in [4.69, 9.17) is 0 Å². The lowest BCUT2D eigenvalue weighted by Gasteiger charge is -2.07. The Balaban J connectivity index is 2.90. The van der Waals surface area contributed by atoms with Gasteiger partial charge in [-0.3, -0.25) is 9.48 Å². The summed E-state index contributed by atoms with van der Waals surface area (Å²) in [6, 6.07) is 0. The lowest BCUT2D eigenvalue weighted by molar-refractivity contribution is 0.0956. The van der Waals surface area contributed by atoms with Crippen LogP contribution in [0.15, 0.2) is 10.7 Å². The van der Waals surface area contributed by atoms with Crippen molar-refractivity contribution in [1.82, 2.24) is 9.78 Å². The third-order valence-corrected chi connectivity index (χ3v) is 2.67. The smallest absolute Gasteiger partial charge is 0.182 e. The summed E-state index contributed by atoms with van der Waals surface area (Å²) in [6.45, 7) is 6.97. The van der Waals surface area contributed by atoms with Crippen LogP contribution in [0.25, 0.3) is 0 Å². The highest BCUT2D eigenvalue weighted by atomic mass is 79.9. The van der Waals surface area contributed by atoms with Gasteiger partial charge in [-0.1, -0.05) is 20.8 Å². The van der Waals surface area contributed by atoms with Crippen LogP contribution in [0, 0.1) is 5.92 Å². The van der Waals surface area contributed by atoms with Crippen LogP contribution in [0.3, 0.4) is 0 Å². The molecular weight excluding hydrogens is 256 g/mol. The van der Waals surface area contributed by atoms with Crippen LogP contribution in [0.4, 0.5) is 0 Å². The number of carbonyl (C=O) groups excluding carboxylic acids is 1. The normalized spacial score (nSPS) is 11.0. The molecule has 0 atom stereocenters. The summed E-state index contributed by atoms with van der Waals surface area (Å²) in [4.78, 5) is 11.9. The molecule has 0 fully saturated rings. The molecule has 0 spiro atoms. The second-order valence-corrected chi connectivity index (χ2v) is 4.94. The fraction of sp³-hybridized carbons (Fsp3) is 0.636. The van der Waals surface area contributed by atoms with Crippen molar-refractivity contribution in [3.05, 3.63) is 16.4 Å². The number of aromatic nitrogens is 2. The van der Waals surface area contributed by atoms with E-state index in [9.17, 15) is 4.79 Å². The van der Waals surface area contributed by atoms with Gasteiger partial charge >= 0.3 is 0 Å². The minimum absolute atomic E-state index is 0.169. The molecule has 1 aromatic heterocycles. The Morgan fingerprint density at radius 3 is 2.80 bits per heavy atom. The number of halogens is 1.